The van der Waals surface area contributed by atoms with E-state index in [-0.39, 0.29) is 0 Å². The summed E-state index contributed by atoms with van der Waals surface area (Å²) in [4.78, 5) is 7.82. The molecule has 0 bridgehead atoms. The summed E-state index contributed by atoms with van der Waals surface area (Å²) in [5.41, 5.74) is 1.43. The quantitative estimate of drug-likeness (QED) is 0.734. The summed E-state index contributed by atoms with van der Waals surface area (Å²) >= 11 is 2.83. The molecule has 1 aliphatic heterocycles. The van der Waals surface area contributed by atoms with Crippen molar-refractivity contribution in [2.45, 2.75) is 11.1 Å². The lowest BCUT2D eigenvalue weighted by molar-refractivity contribution is 0.122. The predicted molar refractivity (Wildman–Crippen MR) is 103 cm³/mol. The average molecular weight is 396 g/mol. The Balaban J connectivity index is 1.60. The molecular formula is C16H17N3O3S3. The van der Waals surface area contributed by atoms with Crippen molar-refractivity contribution in [1.82, 2.24) is 4.98 Å². The monoisotopic (exact) mass is 395 g/mol. The molecule has 0 spiro atoms. The van der Waals surface area contributed by atoms with Crippen molar-refractivity contribution in [2.75, 3.05) is 35.9 Å². The zero-order valence-corrected chi connectivity index (χ0v) is 16.0. The zero-order chi connectivity index (χ0) is 17.4. The van der Waals surface area contributed by atoms with Crippen LogP contribution in [0.2, 0.25) is 0 Å². The Hall–Kier alpha value is -1.68. The van der Waals surface area contributed by atoms with E-state index in [1.807, 2.05) is 19.1 Å². The highest BCUT2D eigenvalue weighted by Crippen LogP contribution is 2.32. The van der Waals surface area contributed by atoms with Crippen LogP contribution in [-0.4, -0.2) is 39.7 Å². The first-order chi connectivity index (χ1) is 12.0. The molecular weight excluding hydrogens is 378 g/mol. The fourth-order valence-electron chi connectivity index (χ4n) is 2.63. The molecule has 3 aromatic rings. The minimum atomic E-state index is -3.55. The lowest BCUT2D eigenvalue weighted by Crippen LogP contribution is -2.36. The smallest absolute Gasteiger partial charge is 0.271 e. The molecule has 9 heteroatoms. The lowest BCUT2D eigenvalue weighted by Gasteiger charge is -2.25. The molecule has 25 heavy (non-hydrogen) atoms. The fraction of sp³-hybridized carbons (Fsp3) is 0.312. The van der Waals surface area contributed by atoms with Gasteiger partial charge in [-0.1, -0.05) is 11.3 Å². The Morgan fingerprint density at radius 1 is 1.16 bits per heavy atom. The van der Waals surface area contributed by atoms with Gasteiger partial charge in [0.1, 0.15) is 4.21 Å². The summed E-state index contributed by atoms with van der Waals surface area (Å²) in [6, 6.07) is 8.88. The maximum atomic E-state index is 12.5. The standard InChI is InChI=1S/C16H17N3O3S3/c1-11-2-5-15(23-11)25(20,21)18-12-3-4-13-14(10-12)24-16(17-13)19-6-8-22-9-7-19/h2-5,10,18H,6-9H2,1H3. The van der Waals surface area contributed by atoms with Crippen LogP contribution in [0, 0.1) is 6.92 Å². The summed E-state index contributed by atoms with van der Waals surface area (Å²) in [6.07, 6.45) is 0. The number of fused-ring (bicyclic) bond motifs is 1. The van der Waals surface area contributed by atoms with Crippen molar-refractivity contribution in [3.8, 4) is 0 Å². The van der Waals surface area contributed by atoms with Gasteiger partial charge in [0.2, 0.25) is 0 Å². The molecule has 2 aromatic heterocycles. The van der Waals surface area contributed by atoms with E-state index >= 15 is 0 Å². The first-order valence-corrected chi connectivity index (χ1v) is 11.0. The first-order valence-electron chi connectivity index (χ1n) is 7.84. The summed E-state index contributed by atoms with van der Waals surface area (Å²) in [7, 11) is -3.55. The van der Waals surface area contributed by atoms with Crippen LogP contribution in [0.1, 0.15) is 4.88 Å². The van der Waals surface area contributed by atoms with Gasteiger partial charge in [-0.25, -0.2) is 13.4 Å². The molecule has 1 aromatic carbocycles. The number of thiophene rings is 1. The normalized spacial score (nSPS) is 15.6. The van der Waals surface area contributed by atoms with Crippen LogP contribution in [0.5, 0.6) is 0 Å². The summed E-state index contributed by atoms with van der Waals surface area (Å²) in [5, 5.41) is 0.951. The van der Waals surface area contributed by atoms with Crippen molar-refractivity contribution in [3.63, 3.8) is 0 Å². The SMILES string of the molecule is Cc1ccc(S(=O)(=O)Nc2ccc3nc(N4CCOCC4)sc3c2)s1. The van der Waals surface area contributed by atoms with Gasteiger partial charge in [-0.3, -0.25) is 4.72 Å². The highest BCUT2D eigenvalue weighted by molar-refractivity contribution is 7.94. The number of aryl methyl sites for hydroxylation is 1. The third-order valence-electron chi connectivity index (χ3n) is 3.89. The first kappa shape index (κ1) is 16.8. The minimum absolute atomic E-state index is 0.323. The molecule has 132 valence electrons. The van der Waals surface area contributed by atoms with Gasteiger partial charge in [0, 0.05) is 18.0 Å². The van der Waals surface area contributed by atoms with Crippen LogP contribution in [0.4, 0.5) is 10.8 Å². The zero-order valence-electron chi connectivity index (χ0n) is 13.6. The van der Waals surface area contributed by atoms with Crippen LogP contribution in [-0.2, 0) is 14.8 Å². The van der Waals surface area contributed by atoms with Crippen molar-refractivity contribution in [1.29, 1.82) is 0 Å². The van der Waals surface area contributed by atoms with Crippen molar-refractivity contribution < 1.29 is 13.2 Å². The lowest BCUT2D eigenvalue weighted by atomic mass is 10.3. The number of anilines is 2. The number of sulfonamides is 1. The van der Waals surface area contributed by atoms with E-state index in [1.165, 1.54) is 11.3 Å². The average Bonchev–Trinajstić information content (AvgIpc) is 3.21. The number of nitrogens with zero attached hydrogens (tertiary/aromatic N) is 2. The molecule has 0 amide bonds. The van der Waals surface area contributed by atoms with Gasteiger partial charge in [0.15, 0.2) is 5.13 Å². The predicted octanol–water partition coefficient (Wildman–Crippen LogP) is 3.30. The third kappa shape index (κ3) is 3.50. The van der Waals surface area contributed by atoms with Crippen LogP contribution < -0.4 is 9.62 Å². The molecule has 1 fully saturated rings. The Bertz CT molecular complexity index is 1000. The molecule has 0 atom stereocenters. The number of nitrogens with one attached hydrogen (secondary N) is 1. The number of hydrogen-bond acceptors (Lipinski definition) is 7. The maximum absolute atomic E-state index is 12.5. The highest BCUT2D eigenvalue weighted by atomic mass is 32.2. The summed E-state index contributed by atoms with van der Waals surface area (Å²) in [5.74, 6) is 0. The van der Waals surface area contributed by atoms with Gasteiger partial charge in [-0.05, 0) is 37.3 Å². The van der Waals surface area contributed by atoms with E-state index < -0.39 is 10.0 Å². The van der Waals surface area contributed by atoms with Gasteiger partial charge in [-0.2, -0.15) is 0 Å². The molecule has 1 N–H and O–H groups in total. The van der Waals surface area contributed by atoms with Gasteiger partial charge < -0.3 is 9.64 Å². The van der Waals surface area contributed by atoms with Crippen molar-refractivity contribution >= 4 is 53.7 Å². The number of aromatic nitrogens is 1. The highest BCUT2D eigenvalue weighted by Gasteiger charge is 2.18. The molecule has 1 aliphatic rings. The summed E-state index contributed by atoms with van der Waals surface area (Å²) in [6.45, 7) is 4.97. The molecule has 0 radical (unpaired) electrons. The molecule has 4 rings (SSSR count). The van der Waals surface area contributed by atoms with Crippen molar-refractivity contribution in [2.24, 2.45) is 0 Å². The second-order valence-corrected chi connectivity index (χ2v) is 9.96. The molecule has 1 saturated heterocycles. The van der Waals surface area contributed by atoms with E-state index in [1.54, 1.807) is 29.5 Å². The number of thiazole rings is 1. The van der Waals surface area contributed by atoms with Crippen molar-refractivity contribution in [3.05, 3.63) is 35.2 Å². The van der Waals surface area contributed by atoms with Gasteiger partial charge >= 0.3 is 0 Å². The minimum Gasteiger partial charge on any atom is -0.378 e. The van der Waals surface area contributed by atoms with E-state index in [4.69, 9.17) is 4.74 Å². The maximum Gasteiger partial charge on any atom is 0.271 e. The molecule has 3 heterocycles. The van der Waals surface area contributed by atoms with Crippen LogP contribution >= 0.6 is 22.7 Å². The Labute approximate surface area is 154 Å². The molecule has 6 nitrogen and oxygen atoms in total. The third-order valence-corrected chi connectivity index (χ3v) is 7.84. The topological polar surface area (TPSA) is 71.5 Å². The largest absolute Gasteiger partial charge is 0.378 e. The second-order valence-electron chi connectivity index (χ2n) is 5.75. The molecule has 0 unspecified atom stereocenters. The molecule has 0 aliphatic carbocycles. The van der Waals surface area contributed by atoms with E-state index in [9.17, 15) is 8.42 Å². The van der Waals surface area contributed by atoms with Crippen LogP contribution in [0.15, 0.2) is 34.5 Å². The molecule has 0 saturated carbocycles. The van der Waals surface area contributed by atoms with Crippen LogP contribution in [0.3, 0.4) is 0 Å². The number of morpholine rings is 1. The Kier molecular flexibility index (Phi) is 4.40. The van der Waals surface area contributed by atoms with Gasteiger partial charge in [-0.15, -0.1) is 11.3 Å². The summed E-state index contributed by atoms with van der Waals surface area (Å²) < 4.78 is 34.3. The van der Waals surface area contributed by atoms with E-state index in [0.29, 0.717) is 23.1 Å². The second kappa shape index (κ2) is 6.56. The fourth-order valence-corrected chi connectivity index (χ4v) is 6.02. The van der Waals surface area contributed by atoms with E-state index in [2.05, 4.69) is 14.6 Å². The Morgan fingerprint density at radius 3 is 2.68 bits per heavy atom. The van der Waals surface area contributed by atoms with Gasteiger partial charge in [0.05, 0.1) is 29.1 Å². The van der Waals surface area contributed by atoms with Gasteiger partial charge in [0.25, 0.3) is 10.0 Å². The number of benzene rings is 1. The van der Waals surface area contributed by atoms with Crippen LogP contribution in [0.25, 0.3) is 10.2 Å². The van der Waals surface area contributed by atoms with E-state index in [0.717, 1.165) is 33.3 Å². The number of ether oxygens (including phenoxy) is 1. The number of rotatable bonds is 4. The Morgan fingerprint density at radius 2 is 1.96 bits per heavy atom. The number of hydrogen-bond donors (Lipinski definition) is 1.